The van der Waals surface area contributed by atoms with E-state index in [0.717, 1.165) is 5.69 Å². The van der Waals surface area contributed by atoms with Crippen molar-refractivity contribution in [1.29, 1.82) is 0 Å². The number of aromatic nitrogens is 2. The van der Waals surface area contributed by atoms with Crippen molar-refractivity contribution in [2.45, 2.75) is 19.4 Å². The Morgan fingerprint density at radius 3 is 2.73 bits per heavy atom. The fourth-order valence-electron chi connectivity index (χ4n) is 2.88. The molecule has 138 valence electrons. The summed E-state index contributed by atoms with van der Waals surface area (Å²) in [5.41, 5.74) is 1.41. The lowest BCUT2D eigenvalue weighted by Gasteiger charge is -2.24. The van der Waals surface area contributed by atoms with E-state index < -0.39 is 9.84 Å². The van der Waals surface area contributed by atoms with Crippen LogP contribution in [-0.2, 0) is 14.6 Å². The van der Waals surface area contributed by atoms with Gasteiger partial charge in [0.2, 0.25) is 11.9 Å². The van der Waals surface area contributed by atoms with E-state index in [1.165, 1.54) is 6.92 Å². The van der Waals surface area contributed by atoms with Crippen LogP contribution in [0.2, 0.25) is 0 Å². The molecule has 26 heavy (non-hydrogen) atoms. The first-order chi connectivity index (χ1) is 12.3. The summed E-state index contributed by atoms with van der Waals surface area (Å²) in [5, 5.41) is 5.82. The zero-order valence-electron chi connectivity index (χ0n) is 14.6. The summed E-state index contributed by atoms with van der Waals surface area (Å²) in [5.74, 6) is 1.27. The Kier molecular flexibility index (Phi) is 5.08. The summed E-state index contributed by atoms with van der Waals surface area (Å²) in [7, 11) is -1.11. The van der Waals surface area contributed by atoms with E-state index in [4.69, 9.17) is 0 Å². The van der Waals surface area contributed by atoms with E-state index >= 15 is 0 Å². The molecule has 0 spiro atoms. The predicted molar refractivity (Wildman–Crippen MR) is 102 cm³/mol. The maximum atomic E-state index is 11.7. The van der Waals surface area contributed by atoms with Gasteiger partial charge in [-0.1, -0.05) is 6.07 Å². The molecule has 2 N–H and O–H groups in total. The summed E-state index contributed by atoms with van der Waals surface area (Å²) in [4.78, 5) is 21.7. The number of benzene rings is 1. The molecular weight excluding hydrogens is 354 g/mol. The van der Waals surface area contributed by atoms with Crippen molar-refractivity contribution < 1.29 is 13.2 Å². The summed E-state index contributed by atoms with van der Waals surface area (Å²) < 4.78 is 23.4. The van der Waals surface area contributed by atoms with Crippen LogP contribution in [0.3, 0.4) is 0 Å². The van der Waals surface area contributed by atoms with Crippen LogP contribution in [0.4, 0.5) is 23.1 Å². The van der Waals surface area contributed by atoms with Crippen LogP contribution in [0.25, 0.3) is 0 Å². The van der Waals surface area contributed by atoms with Gasteiger partial charge in [0.05, 0.1) is 11.5 Å². The van der Waals surface area contributed by atoms with E-state index in [-0.39, 0.29) is 23.5 Å². The lowest BCUT2D eigenvalue weighted by molar-refractivity contribution is -0.114. The van der Waals surface area contributed by atoms with Gasteiger partial charge in [-0.3, -0.25) is 4.79 Å². The number of anilines is 4. The molecule has 2 aromatic rings. The molecule has 0 aliphatic carbocycles. The maximum absolute atomic E-state index is 11.7. The van der Waals surface area contributed by atoms with Gasteiger partial charge in [0, 0.05) is 37.6 Å². The molecule has 1 atom stereocenters. The van der Waals surface area contributed by atoms with Gasteiger partial charge < -0.3 is 15.5 Å². The maximum Gasteiger partial charge on any atom is 0.229 e. The number of hydrogen-bond donors (Lipinski definition) is 2. The fourth-order valence-corrected chi connectivity index (χ4v) is 4.66. The van der Waals surface area contributed by atoms with Gasteiger partial charge in [-0.2, -0.15) is 4.98 Å². The third kappa shape index (κ3) is 4.48. The van der Waals surface area contributed by atoms with Crippen molar-refractivity contribution in [3.05, 3.63) is 36.5 Å². The average molecular weight is 375 g/mol. The van der Waals surface area contributed by atoms with Crippen LogP contribution >= 0.6 is 0 Å². The van der Waals surface area contributed by atoms with Crippen molar-refractivity contribution in [2.75, 3.05) is 34.1 Å². The first kappa shape index (κ1) is 18.1. The van der Waals surface area contributed by atoms with Crippen LogP contribution in [0, 0.1) is 0 Å². The Morgan fingerprint density at radius 2 is 2.04 bits per heavy atom. The van der Waals surface area contributed by atoms with E-state index in [1.54, 1.807) is 24.4 Å². The third-order valence-corrected chi connectivity index (χ3v) is 5.95. The average Bonchev–Trinajstić information content (AvgIpc) is 2.94. The van der Waals surface area contributed by atoms with E-state index in [1.807, 2.05) is 24.1 Å². The molecule has 1 aromatic carbocycles. The minimum atomic E-state index is -2.96. The zero-order chi connectivity index (χ0) is 18.7. The second-order valence-corrected chi connectivity index (χ2v) is 8.52. The highest BCUT2D eigenvalue weighted by atomic mass is 32.2. The van der Waals surface area contributed by atoms with E-state index in [2.05, 4.69) is 20.6 Å². The number of rotatable bonds is 5. The Labute approximate surface area is 152 Å². The second kappa shape index (κ2) is 7.28. The van der Waals surface area contributed by atoms with E-state index in [0.29, 0.717) is 23.9 Å². The highest BCUT2D eigenvalue weighted by Crippen LogP contribution is 2.23. The highest BCUT2D eigenvalue weighted by Gasteiger charge is 2.31. The van der Waals surface area contributed by atoms with Crippen molar-refractivity contribution in [3.63, 3.8) is 0 Å². The van der Waals surface area contributed by atoms with Gasteiger partial charge in [0.25, 0.3) is 0 Å². The number of carbonyl (C=O) groups excluding carboxylic acids is 1. The van der Waals surface area contributed by atoms with Crippen LogP contribution in [0.5, 0.6) is 0 Å². The minimum absolute atomic E-state index is 0.0779. The third-order valence-electron chi connectivity index (χ3n) is 4.20. The molecule has 1 aliphatic rings. The smallest absolute Gasteiger partial charge is 0.229 e. The predicted octanol–water partition coefficient (Wildman–Crippen LogP) is 1.80. The summed E-state index contributed by atoms with van der Waals surface area (Å²) >= 11 is 0. The molecule has 8 nitrogen and oxygen atoms in total. The molecule has 3 rings (SSSR count). The summed E-state index contributed by atoms with van der Waals surface area (Å²) in [6.07, 6.45) is 2.23. The van der Waals surface area contributed by atoms with Crippen molar-refractivity contribution in [2.24, 2.45) is 0 Å². The van der Waals surface area contributed by atoms with Gasteiger partial charge in [-0.25, -0.2) is 13.4 Å². The van der Waals surface area contributed by atoms with E-state index in [9.17, 15) is 13.2 Å². The largest absolute Gasteiger partial charge is 0.355 e. The molecule has 0 bridgehead atoms. The lowest BCUT2D eigenvalue weighted by atomic mass is 10.2. The summed E-state index contributed by atoms with van der Waals surface area (Å²) in [6.45, 7) is 1.45. The standard InChI is InChI=1S/C17H21N5O3S/c1-12(23)19-13-4-3-5-14(10-13)20-17-18-8-6-16(21-17)22(2)15-7-9-26(24,25)11-15/h3-6,8,10,15H,7,9,11H2,1-2H3,(H,19,23)(H,18,20,21). The van der Waals surface area contributed by atoms with Gasteiger partial charge >= 0.3 is 0 Å². The topological polar surface area (TPSA) is 104 Å². The van der Waals surface area contributed by atoms with Gasteiger partial charge in [-0.15, -0.1) is 0 Å². The molecule has 1 saturated heterocycles. The van der Waals surface area contributed by atoms with Crippen LogP contribution in [0.15, 0.2) is 36.5 Å². The first-order valence-corrected chi connectivity index (χ1v) is 10.1. The molecule has 1 aliphatic heterocycles. The molecule has 1 amide bonds. The molecule has 9 heteroatoms. The number of nitrogens with zero attached hydrogens (tertiary/aromatic N) is 3. The first-order valence-electron chi connectivity index (χ1n) is 8.23. The molecule has 1 unspecified atom stereocenters. The quantitative estimate of drug-likeness (QED) is 0.821. The molecule has 1 aromatic heterocycles. The Hall–Kier alpha value is -2.68. The van der Waals surface area contributed by atoms with Gasteiger partial charge in [-0.05, 0) is 30.7 Å². The molecule has 2 heterocycles. The van der Waals surface area contributed by atoms with Gasteiger partial charge in [0.15, 0.2) is 9.84 Å². The normalized spacial score (nSPS) is 18.3. The van der Waals surface area contributed by atoms with Crippen LogP contribution < -0.4 is 15.5 Å². The highest BCUT2D eigenvalue weighted by molar-refractivity contribution is 7.91. The Morgan fingerprint density at radius 1 is 1.27 bits per heavy atom. The molecular formula is C17H21N5O3S. The Bertz CT molecular complexity index is 916. The molecule has 0 radical (unpaired) electrons. The Balaban J connectivity index is 1.74. The number of carbonyl (C=O) groups is 1. The van der Waals surface area contributed by atoms with Crippen LogP contribution in [-0.4, -0.2) is 48.9 Å². The number of sulfone groups is 1. The van der Waals surface area contributed by atoms with Crippen molar-refractivity contribution in [1.82, 2.24) is 9.97 Å². The SMILES string of the molecule is CC(=O)Nc1cccc(Nc2nccc(N(C)C3CCS(=O)(=O)C3)n2)c1. The van der Waals surface area contributed by atoms with Crippen molar-refractivity contribution in [3.8, 4) is 0 Å². The summed E-state index contributed by atoms with van der Waals surface area (Å²) in [6, 6.07) is 8.90. The number of hydrogen-bond acceptors (Lipinski definition) is 7. The zero-order valence-corrected chi connectivity index (χ0v) is 15.5. The number of amides is 1. The van der Waals surface area contributed by atoms with Gasteiger partial charge in [0.1, 0.15) is 5.82 Å². The molecule has 0 saturated carbocycles. The van der Waals surface area contributed by atoms with Crippen LogP contribution in [0.1, 0.15) is 13.3 Å². The fraction of sp³-hybridized carbons (Fsp3) is 0.353. The van der Waals surface area contributed by atoms with Crippen molar-refractivity contribution >= 4 is 38.9 Å². The number of nitrogens with one attached hydrogen (secondary N) is 2. The minimum Gasteiger partial charge on any atom is -0.355 e. The monoisotopic (exact) mass is 375 g/mol. The second-order valence-electron chi connectivity index (χ2n) is 6.29. The lowest BCUT2D eigenvalue weighted by Crippen LogP contribution is -2.33. The molecule has 1 fully saturated rings.